The number of hydrogen-bond donors (Lipinski definition) is 0. The van der Waals surface area contributed by atoms with Crippen LogP contribution in [0.4, 0.5) is 0 Å². The van der Waals surface area contributed by atoms with Crippen molar-refractivity contribution in [1.82, 2.24) is 0 Å². The van der Waals surface area contributed by atoms with Gasteiger partial charge in [-0.3, -0.25) is 0 Å². The summed E-state index contributed by atoms with van der Waals surface area (Å²) in [5, 5.41) is 0. The van der Waals surface area contributed by atoms with E-state index in [-0.39, 0.29) is 11.2 Å². The van der Waals surface area contributed by atoms with Crippen molar-refractivity contribution in [3.63, 3.8) is 0 Å². The Morgan fingerprint density at radius 1 is 1.09 bits per heavy atom. The molecule has 1 aromatic carbocycles. The van der Waals surface area contributed by atoms with E-state index in [1.807, 2.05) is 26.8 Å². The van der Waals surface area contributed by atoms with Crippen LogP contribution >= 0.6 is 0 Å². The van der Waals surface area contributed by atoms with Crippen molar-refractivity contribution in [1.29, 1.82) is 0 Å². The Morgan fingerprint density at radius 3 is 2.23 bits per heavy atom. The molecule has 5 nitrogen and oxygen atoms in total. The third-order valence-corrected chi connectivity index (χ3v) is 2.71. The van der Waals surface area contributed by atoms with Crippen molar-refractivity contribution in [2.75, 3.05) is 0 Å². The van der Waals surface area contributed by atoms with Gasteiger partial charge in [0.2, 0.25) is 0 Å². The van der Waals surface area contributed by atoms with Gasteiger partial charge in [-0.1, -0.05) is 12.1 Å². The second-order valence-corrected chi connectivity index (χ2v) is 6.52. The van der Waals surface area contributed by atoms with Gasteiger partial charge in [-0.05, 0) is 44.5 Å². The number of carbonyl (C=O) groups excluding carboxylic acids is 2. The first-order chi connectivity index (χ1) is 10.1. The topological polar surface area (TPSA) is 61.8 Å². The number of carbonyl (C=O) groups is 2. The summed E-state index contributed by atoms with van der Waals surface area (Å²) in [5.74, 6) is -1.96. The highest BCUT2D eigenvalue weighted by Gasteiger charge is 2.38. The highest BCUT2D eigenvalue weighted by Crippen LogP contribution is 2.25. The van der Waals surface area contributed by atoms with Gasteiger partial charge in [0.25, 0.3) is 5.79 Å². The quantitative estimate of drug-likeness (QED) is 0.477. The van der Waals surface area contributed by atoms with E-state index in [0.717, 1.165) is 0 Å². The minimum absolute atomic E-state index is 0.132. The van der Waals surface area contributed by atoms with Crippen LogP contribution in [0.2, 0.25) is 0 Å². The first-order valence-corrected chi connectivity index (χ1v) is 7.03. The third-order valence-electron chi connectivity index (χ3n) is 2.71. The van der Waals surface area contributed by atoms with Crippen LogP contribution in [0.5, 0.6) is 5.75 Å². The van der Waals surface area contributed by atoms with E-state index >= 15 is 0 Å². The zero-order valence-electron chi connectivity index (χ0n) is 13.4. The van der Waals surface area contributed by atoms with Gasteiger partial charge < -0.3 is 14.2 Å². The lowest BCUT2D eigenvalue weighted by molar-refractivity contribution is -0.222. The Hall–Kier alpha value is -2.30. The molecule has 2 rings (SSSR count). The molecule has 0 amide bonds. The van der Waals surface area contributed by atoms with E-state index in [9.17, 15) is 9.59 Å². The maximum Gasteiger partial charge on any atom is 0.348 e. The standard InChI is InChI=1S/C17H20O5/c1-16(2,3)20-12-8-6-7-11(9-12)10-13-14(18)21-17(4,5)22-15(13)19/h6-10H,1-5H3. The summed E-state index contributed by atoms with van der Waals surface area (Å²) in [6.07, 6.45) is 1.44. The molecule has 0 radical (unpaired) electrons. The summed E-state index contributed by atoms with van der Waals surface area (Å²) < 4.78 is 15.9. The molecule has 0 spiro atoms. The molecule has 0 aliphatic carbocycles. The molecule has 0 atom stereocenters. The second kappa shape index (κ2) is 5.48. The molecule has 0 unspecified atom stereocenters. The summed E-state index contributed by atoms with van der Waals surface area (Å²) in [7, 11) is 0. The van der Waals surface area contributed by atoms with E-state index in [2.05, 4.69) is 0 Å². The van der Waals surface area contributed by atoms with Crippen LogP contribution < -0.4 is 4.74 Å². The smallest absolute Gasteiger partial charge is 0.348 e. The van der Waals surface area contributed by atoms with Gasteiger partial charge in [0.1, 0.15) is 16.9 Å². The Bertz CT molecular complexity index is 613. The molecule has 1 saturated heterocycles. The first kappa shape index (κ1) is 16.1. The van der Waals surface area contributed by atoms with Gasteiger partial charge in [0.05, 0.1) is 0 Å². The molecular weight excluding hydrogens is 284 g/mol. The Labute approximate surface area is 129 Å². The van der Waals surface area contributed by atoms with Gasteiger partial charge in [-0.15, -0.1) is 0 Å². The average Bonchev–Trinajstić information content (AvgIpc) is 2.31. The van der Waals surface area contributed by atoms with E-state index in [1.165, 1.54) is 19.9 Å². The molecule has 22 heavy (non-hydrogen) atoms. The van der Waals surface area contributed by atoms with Crippen LogP contribution in [0.3, 0.4) is 0 Å². The maximum absolute atomic E-state index is 11.9. The zero-order valence-corrected chi connectivity index (χ0v) is 13.4. The molecular formula is C17H20O5. The zero-order chi connectivity index (χ0) is 16.5. The third kappa shape index (κ3) is 4.10. The van der Waals surface area contributed by atoms with Crippen molar-refractivity contribution in [3.05, 3.63) is 35.4 Å². The van der Waals surface area contributed by atoms with Crippen LogP contribution in [-0.2, 0) is 19.1 Å². The average molecular weight is 304 g/mol. The summed E-state index contributed by atoms with van der Waals surface area (Å²) >= 11 is 0. The van der Waals surface area contributed by atoms with Crippen molar-refractivity contribution >= 4 is 18.0 Å². The van der Waals surface area contributed by atoms with E-state index in [4.69, 9.17) is 14.2 Å². The molecule has 118 valence electrons. The monoisotopic (exact) mass is 304 g/mol. The predicted octanol–water partition coefficient (Wildman–Crippen LogP) is 3.08. The van der Waals surface area contributed by atoms with Gasteiger partial charge >= 0.3 is 11.9 Å². The molecule has 1 aliphatic heterocycles. The van der Waals surface area contributed by atoms with Crippen LogP contribution in [0, 0.1) is 0 Å². The number of hydrogen-bond acceptors (Lipinski definition) is 5. The summed E-state index contributed by atoms with van der Waals surface area (Å²) in [6.45, 7) is 8.84. The van der Waals surface area contributed by atoms with Crippen molar-refractivity contribution in [3.8, 4) is 5.75 Å². The molecule has 1 aliphatic rings. The van der Waals surface area contributed by atoms with E-state index in [1.54, 1.807) is 18.2 Å². The predicted molar refractivity (Wildman–Crippen MR) is 81.1 cm³/mol. The number of rotatable bonds is 2. The molecule has 0 N–H and O–H groups in total. The van der Waals surface area contributed by atoms with Crippen molar-refractivity contribution in [2.45, 2.75) is 46.0 Å². The van der Waals surface area contributed by atoms with Crippen molar-refractivity contribution in [2.24, 2.45) is 0 Å². The number of esters is 2. The first-order valence-electron chi connectivity index (χ1n) is 7.03. The highest BCUT2D eigenvalue weighted by atomic mass is 16.7. The Balaban J connectivity index is 2.28. The highest BCUT2D eigenvalue weighted by molar-refractivity contribution is 6.18. The molecule has 5 heteroatoms. The summed E-state index contributed by atoms with van der Waals surface area (Å²) in [6, 6.07) is 7.12. The number of cyclic esters (lactones) is 2. The summed E-state index contributed by atoms with van der Waals surface area (Å²) in [4.78, 5) is 23.8. The molecule has 0 saturated carbocycles. The Kier molecular flexibility index (Phi) is 4.00. The summed E-state index contributed by atoms with van der Waals surface area (Å²) in [5.41, 5.74) is 0.191. The number of ether oxygens (including phenoxy) is 3. The largest absolute Gasteiger partial charge is 0.488 e. The fourth-order valence-corrected chi connectivity index (χ4v) is 1.97. The lowest BCUT2D eigenvalue weighted by atomic mass is 10.1. The fourth-order valence-electron chi connectivity index (χ4n) is 1.97. The van der Waals surface area contributed by atoms with E-state index < -0.39 is 17.7 Å². The maximum atomic E-state index is 11.9. The van der Waals surface area contributed by atoms with Crippen LogP contribution in [-0.4, -0.2) is 23.3 Å². The second-order valence-electron chi connectivity index (χ2n) is 6.52. The molecule has 0 bridgehead atoms. The normalized spacial score (nSPS) is 17.6. The van der Waals surface area contributed by atoms with Gasteiger partial charge in [-0.2, -0.15) is 0 Å². The fraction of sp³-hybridized carbons (Fsp3) is 0.412. The lowest BCUT2D eigenvalue weighted by Gasteiger charge is -2.29. The number of benzene rings is 1. The van der Waals surface area contributed by atoms with Gasteiger partial charge in [0, 0.05) is 13.8 Å². The Morgan fingerprint density at radius 2 is 1.68 bits per heavy atom. The molecule has 1 aromatic rings. The van der Waals surface area contributed by atoms with Gasteiger partial charge in [-0.25, -0.2) is 9.59 Å². The van der Waals surface area contributed by atoms with Crippen molar-refractivity contribution < 1.29 is 23.8 Å². The lowest BCUT2D eigenvalue weighted by Crippen LogP contribution is -2.41. The van der Waals surface area contributed by atoms with Gasteiger partial charge in [0.15, 0.2) is 0 Å². The minimum atomic E-state index is -1.23. The van der Waals surface area contributed by atoms with Crippen LogP contribution in [0.25, 0.3) is 6.08 Å². The molecule has 0 aromatic heterocycles. The minimum Gasteiger partial charge on any atom is -0.488 e. The molecule has 1 heterocycles. The van der Waals surface area contributed by atoms with Crippen LogP contribution in [0.1, 0.15) is 40.2 Å². The molecule has 1 fully saturated rings. The van der Waals surface area contributed by atoms with Crippen LogP contribution in [0.15, 0.2) is 29.8 Å². The van der Waals surface area contributed by atoms with E-state index in [0.29, 0.717) is 11.3 Å². The SMILES string of the molecule is CC(C)(C)Oc1cccc(C=C2C(=O)OC(C)(C)OC2=O)c1.